The van der Waals surface area contributed by atoms with Gasteiger partial charge in [0.15, 0.2) is 0 Å². The van der Waals surface area contributed by atoms with Crippen LogP contribution in [0.1, 0.15) is 25.3 Å². The Morgan fingerprint density at radius 1 is 1.35 bits per heavy atom. The van der Waals surface area contributed by atoms with Crippen molar-refractivity contribution in [2.75, 3.05) is 19.6 Å². The summed E-state index contributed by atoms with van der Waals surface area (Å²) < 4.78 is 28.5. The Labute approximate surface area is 129 Å². The molecule has 0 bridgehead atoms. The molecule has 1 saturated heterocycles. The molecule has 20 heavy (non-hydrogen) atoms. The van der Waals surface area contributed by atoms with Gasteiger partial charge in [0.05, 0.1) is 4.90 Å². The van der Waals surface area contributed by atoms with Crippen molar-refractivity contribution in [1.29, 1.82) is 0 Å². The van der Waals surface area contributed by atoms with Crippen LogP contribution in [0.3, 0.4) is 0 Å². The first-order valence-electron chi connectivity index (χ1n) is 6.79. The van der Waals surface area contributed by atoms with Crippen molar-refractivity contribution < 1.29 is 8.42 Å². The molecule has 0 aromatic heterocycles. The van der Waals surface area contributed by atoms with Crippen molar-refractivity contribution in [2.45, 2.75) is 31.6 Å². The first-order chi connectivity index (χ1) is 9.32. The Bertz CT molecular complexity index is 581. The topological polar surface area (TPSA) is 58.2 Å². The molecule has 1 aliphatic rings. The number of halogens is 1. The maximum atomic E-state index is 12.4. The molecule has 0 radical (unpaired) electrons. The summed E-state index contributed by atoms with van der Waals surface area (Å²) in [6.07, 6.45) is 1.99. The molecule has 4 nitrogen and oxygen atoms in total. The fourth-order valence-corrected chi connectivity index (χ4v) is 4.37. The molecule has 1 heterocycles. The van der Waals surface area contributed by atoms with Gasteiger partial charge in [0.25, 0.3) is 0 Å². The van der Waals surface area contributed by atoms with Crippen molar-refractivity contribution in [2.24, 2.45) is 5.41 Å². The molecule has 0 aliphatic carbocycles. The highest BCUT2D eigenvalue weighted by molar-refractivity contribution is 9.10. The predicted octanol–water partition coefficient (Wildman–Crippen LogP) is 2.43. The molecule has 0 spiro atoms. The van der Waals surface area contributed by atoms with Crippen LogP contribution in [0.5, 0.6) is 0 Å². The molecular formula is C14H21BrN2O2S. The molecule has 0 unspecified atom stereocenters. The molecule has 1 aromatic rings. The molecule has 0 amide bonds. The highest BCUT2D eigenvalue weighted by Gasteiger charge is 2.29. The molecule has 1 aliphatic heterocycles. The van der Waals surface area contributed by atoms with Gasteiger partial charge in [0.1, 0.15) is 0 Å². The molecule has 2 N–H and O–H groups in total. The van der Waals surface area contributed by atoms with Gasteiger partial charge in [-0.15, -0.1) is 0 Å². The van der Waals surface area contributed by atoms with Crippen molar-refractivity contribution in [1.82, 2.24) is 10.0 Å². The zero-order chi connectivity index (χ0) is 14.8. The number of rotatable bonds is 4. The van der Waals surface area contributed by atoms with E-state index in [4.69, 9.17) is 0 Å². The lowest BCUT2D eigenvalue weighted by molar-refractivity contribution is 0.232. The van der Waals surface area contributed by atoms with E-state index in [1.165, 1.54) is 0 Å². The van der Waals surface area contributed by atoms with Gasteiger partial charge in [-0.25, -0.2) is 13.1 Å². The van der Waals surface area contributed by atoms with Gasteiger partial charge in [-0.3, -0.25) is 0 Å². The summed E-state index contributed by atoms with van der Waals surface area (Å²) in [5.74, 6) is 0. The summed E-state index contributed by atoms with van der Waals surface area (Å²) in [6, 6.07) is 5.22. The Hall–Kier alpha value is -0.430. The van der Waals surface area contributed by atoms with Crippen LogP contribution in [-0.2, 0) is 10.0 Å². The minimum Gasteiger partial charge on any atom is -0.317 e. The number of hydrogen-bond acceptors (Lipinski definition) is 3. The smallest absolute Gasteiger partial charge is 0.240 e. The Morgan fingerprint density at radius 3 is 2.60 bits per heavy atom. The Kier molecular flexibility index (Phi) is 4.89. The molecule has 0 atom stereocenters. The second-order valence-corrected chi connectivity index (χ2v) is 8.45. The molecular weight excluding hydrogens is 340 g/mol. The lowest BCUT2D eigenvalue weighted by Crippen LogP contribution is -2.42. The average Bonchev–Trinajstić information content (AvgIpc) is 2.37. The maximum absolute atomic E-state index is 12.4. The van der Waals surface area contributed by atoms with Gasteiger partial charge in [0, 0.05) is 11.0 Å². The second-order valence-electron chi connectivity index (χ2n) is 5.80. The third-order valence-electron chi connectivity index (χ3n) is 3.93. The summed E-state index contributed by atoms with van der Waals surface area (Å²) in [4.78, 5) is 0.359. The number of sulfonamides is 1. The normalized spacial score (nSPS) is 18.9. The molecule has 0 saturated carbocycles. The highest BCUT2D eigenvalue weighted by atomic mass is 79.9. The van der Waals surface area contributed by atoms with Crippen molar-refractivity contribution >= 4 is 26.0 Å². The fraction of sp³-hybridized carbons (Fsp3) is 0.571. The summed E-state index contributed by atoms with van der Waals surface area (Å²) in [7, 11) is -3.44. The Balaban J connectivity index is 2.11. The van der Waals surface area contributed by atoms with Gasteiger partial charge in [-0.2, -0.15) is 0 Å². The number of benzene rings is 1. The predicted molar refractivity (Wildman–Crippen MR) is 84.3 cm³/mol. The monoisotopic (exact) mass is 360 g/mol. The van der Waals surface area contributed by atoms with E-state index in [-0.39, 0.29) is 5.41 Å². The summed E-state index contributed by atoms with van der Waals surface area (Å²) in [6.45, 7) is 6.36. The van der Waals surface area contributed by atoms with E-state index in [2.05, 4.69) is 32.9 Å². The first-order valence-corrected chi connectivity index (χ1v) is 9.07. The zero-order valence-corrected chi connectivity index (χ0v) is 14.3. The third-order valence-corrected chi connectivity index (χ3v) is 5.98. The molecule has 1 aromatic carbocycles. The van der Waals surface area contributed by atoms with Crippen LogP contribution in [0.15, 0.2) is 27.6 Å². The van der Waals surface area contributed by atoms with Gasteiger partial charge in [0.2, 0.25) is 10.0 Å². The largest absolute Gasteiger partial charge is 0.317 e. The molecule has 2 rings (SSSR count). The third kappa shape index (κ3) is 3.81. The fourth-order valence-electron chi connectivity index (χ4n) is 2.47. The van der Waals surface area contributed by atoms with Crippen LogP contribution in [0.25, 0.3) is 0 Å². The summed E-state index contributed by atoms with van der Waals surface area (Å²) >= 11 is 3.35. The maximum Gasteiger partial charge on any atom is 0.240 e. The van der Waals surface area contributed by atoms with Gasteiger partial charge in [-0.1, -0.05) is 22.9 Å². The second kappa shape index (κ2) is 6.13. The minimum atomic E-state index is -3.44. The quantitative estimate of drug-likeness (QED) is 0.866. The first kappa shape index (κ1) is 15.9. The van der Waals surface area contributed by atoms with Crippen molar-refractivity contribution in [3.63, 3.8) is 0 Å². The SMILES string of the molecule is Cc1cc(Br)ccc1S(=O)(=O)NCC1(C)CCNCC1. The van der Waals surface area contributed by atoms with E-state index in [9.17, 15) is 8.42 Å². The molecule has 112 valence electrons. The van der Waals surface area contributed by atoms with Crippen LogP contribution in [-0.4, -0.2) is 28.1 Å². The van der Waals surface area contributed by atoms with Crippen LogP contribution in [0, 0.1) is 12.3 Å². The van der Waals surface area contributed by atoms with Crippen molar-refractivity contribution in [3.8, 4) is 0 Å². The van der Waals surface area contributed by atoms with Gasteiger partial charge < -0.3 is 5.32 Å². The number of hydrogen-bond donors (Lipinski definition) is 2. The van der Waals surface area contributed by atoms with Crippen LogP contribution in [0.2, 0.25) is 0 Å². The van der Waals surface area contributed by atoms with Crippen LogP contribution in [0.4, 0.5) is 0 Å². The van der Waals surface area contributed by atoms with Crippen molar-refractivity contribution in [3.05, 3.63) is 28.2 Å². The minimum absolute atomic E-state index is 0.0432. The van der Waals surface area contributed by atoms with Gasteiger partial charge >= 0.3 is 0 Å². The van der Waals surface area contributed by atoms with E-state index in [1.807, 2.05) is 13.0 Å². The lowest BCUT2D eigenvalue weighted by atomic mass is 9.81. The molecule has 1 fully saturated rings. The van der Waals surface area contributed by atoms with E-state index in [0.29, 0.717) is 11.4 Å². The standard InChI is InChI=1S/C14H21BrN2O2S/c1-11-9-12(15)3-4-13(11)20(18,19)17-10-14(2)5-7-16-8-6-14/h3-4,9,16-17H,5-8,10H2,1-2H3. The highest BCUT2D eigenvalue weighted by Crippen LogP contribution is 2.28. The average molecular weight is 361 g/mol. The van der Waals surface area contributed by atoms with Crippen LogP contribution >= 0.6 is 15.9 Å². The van der Waals surface area contributed by atoms with Crippen LogP contribution < -0.4 is 10.0 Å². The number of aryl methyl sites for hydroxylation is 1. The molecule has 6 heteroatoms. The van der Waals surface area contributed by atoms with E-state index in [1.54, 1.807) is 12.1 Å². The van der Waals surface area contributed by atoms with E-state index < -0.39 is 10.0 Å². The van der Waals surface area contributed by atoms with E-state index in [0.717, 1.165) is 36.0 Å². The van der Waals surface area contributed by atoms with E-state index >= 15 is 0 Å². The number of nitrogens with one attached hydrogen (secondary N) is 2. The summed E-state index contributed by atoms with van der Waals surface area (Å²) in [5.41, 5.74) is 0.795. The lowest BCUT2D eigenvalue weighted by Gasteiger charge is -2.34. The Morgan fingerprint density at radius 2 is 2.00 bits per heavy atom. The van der Waals surface area contributed by atoms with Gasteiger partial charge in [-0.05, 0) is 62.0 Å². The number of piperidine rings is 1. The summed E-state index contributed by atoms with van der Waals surface area (Å²) in [5, 5.41) is 3.30. The zero-order valence-electron chi connectivity index (χ0n) is 11.9.